The molecule has 0 aliphatic rings. The van der Waals surface area contributed by atoms with Crippen molar-refractivity contribution in [1.29, 1.82) is 0 Å². The molecule has 0 amide bonds. The van der Waals surface area contributed by atoms with E-state index in [0.717, 1.165) is 0 Å². The smallest absolute Gasteiger partial charge is 0.298 e. The molecular weight excluding hydrogens is 220 g/mol. The topological polar surface area (TPSA) is 52.6 Å². The lowest BCUT2D eigenvalue weighted by molar-refractivity contribution is -0.320. The minimum Gasteiger partial charge on any atom is -0.298 e. The number of Topliss-reactive ketones (excluding diaryl/α,β-unsaturated/α-hetero) is 1. The number of rotatable bonds is 6. The third kappa shape index (κ3) is 8.63. The number of ketones is 1. The minimum atomic E-state index is -0.521. The van der Waals surface area contributed by atoms with E-state index in [1.807, 2.05) is 6.92 Å². The van der Waals surface area contributed by atoms with E-state index in [0.29, 0.717) is 12.0 Å². The van der Waals surface area contributed by atoms with Crippen LogP contribution in [-0.4, -0.2) is 17.4 Å². The van der Waals surface area contributed by atoms with E-state index >= 15 is 0 Å². The van der Waals surface area contributed by atoms with Gasteiger partial charge in [-0.3, -0.25) is 9.68 Å². The summed E-state index contributed by atoms with van der Waals surface area (Å²) in [5.41, 5.74) is -0.0111. The highest BCUT2D eigenvalue weighted by Gasteiger charge is 2.18. The second-order valence-corrected chi connectivity index (χ2v) is 5.37. The lowest BCUT2D eigenvalue weighted by Crippen LogP contribution is -2.23. The first-order valence-electron chi connectivity index (χ1n) is 5.69. The summed E-state index contributed by atoms with van der Waals surface area (Å²) in [7, 11) is 0. The fourth-order valence-electron chi connectivity index (χ4n) is 1.05. The molecule has 0 aliphatic carbocycles. The number of hydrogen-bond acceptors (Lipinski definition) is 4. The van der Waals surface area contributed by atoms with Crippen molar-refractivity contribution in [2.75, 3.05) is 0 Å². The van der Waals surface area contributed by atoms with Gasteiger partial charge in [0.1, 0.15) is 5.60 Å². The number of allylic oxidation sites excluding steroid dienone is 1. The molecule has 0 saturated carbocycles. The van der Waals surface area contributed by atoms with E-state index in [-0.39, 0.29) is 18.1 Å². The number of carbonyl (C=O) groups excluding carboxylic acids is 2. The van der Waals surface area contributed by atoms with Crippen LogP contribution in [0.3, 0.4) is 0 Å². The molecule has 0 heterocycles. The molecule has 0 saturated heterocycles. The highest BCUT2D eigenvalue weighted by atomic mass is 17.2. The Morgan fingerprint density at radius 2 is 1.76 bits per heavy atom. The third-order valence-electron chi connectivity index (χ3n) is 1.91. The zero-order valence-corrected chi connectivity index (χ0v) is 11.3. The summed E-state index contributed by atoms with van der Waals surface area (Å²) in [6.45, 7) is 12.4. The van der Waals surface area contributed by atoms with Gasteiger partial charge >= 0.3 is 5.97 Å². The molecule has 17 heavy (non-hydrogen) atoms. The summed E-state index contributed by atoms with van der Waals surface area (Å²) in [6.07, 6.45) is 0.467. The van der Waals surface area contributed by atoms with E-state index in [1.165, 1.54) is 0 Å². The van der Waals surface area contributed by atoms with Crippen molar-refractivity contribution in [3.63, 3.8) is 0 Å². The highest BCUT2D eigenvalue weighted by molar-refractivity contribution is 5.94. The summed E-state index contributed by atoms with van der Waals surface area (Å²) in [4.78, 5) is 32.3. The van der Waals surface area contributed by atoms with Crippen LogP contribution < -0.4 is 0 Å². The lowest BCUT2D eigenvalue weighted by Gasteiger charge is -2.17. The van der Waals surface area contributed by atoms with Gasteiger partial charge in [-0.05, 0) is 39.2 Å². The first kappa shape index (κ1) is 15.8. The monoisotopic (exact) mass is 242 g/mol. The van der Waals surface area contributed by atoms with Crippen LogP contribution in [0.1, 0.15) is 47.5 Å². The fraction of sp³-hybridized carbons (Fsp3) is 0.692. The average molecular weight is 242 g/mol. The summed E-state index contributed by atoms with van der Waals surface area (Å²) in [6, 6.07) is 0. The molecule has 0 aromatic heterocycles. The maximum atomic E-state index is 11.4. The Hall–Kier alpha value is -1.16. The highest BCUT2D eigenvalue weighted by Crippen LogP contribution is 2.14. The second-order valence-electron chi connectivity index (χ2n) is 5.37. The van der Waals surface area contributed by atoms with Crippen LogP contribution in [0.25, 0.3) is 0 Å². The Labute approximate surface area is 103 Å². The van der Waals surface area contributed by atoms with Crippen LogP contribution in [0.2, 0.25) is 0 Å². The van der Waals surface area contributed by atoms with Gasteiger partial charge in [-0.2, -0.15) is 4.89 Å². The van der Waals surface area contributed by atoms with Crippen molar-refractivity contribution < 1.29 is 19.4 Å². The van der Waals surface area contributed by atoms with Crippen molar-refractivity contribution in [3.8, 4) is 0 Å². The summed E-state index contributed by atoms with van der Waals surface area (Å²) < 4.78 is 0. The van der Waals surface area contributed by atoms with Crippen LogP contribution >= 0.6 is 0 Å². The van der Waals surface area contributed by atoms with Gasteiger partial charge in [-0.15, -0.1) is 0 Å². The summed E-state index contributed by atoms with van der Waals surface area (Å²) in [5, 5.41) is 0. The number of carbonyl (C=O) groups is 2. The van der Waals surface area contributed by atoms with E-state index in [2.05, 4.69) is 11.5 Å². The maximum Gasteiger partial charge on any atom is 0.342 e. The summed E-state index contributed by atoms with van der Waals surface area (Å²) >= 11 is 0. The molecule has 0 N–H and O–H groups in total. The molecular formula is C13H22O4. The van der Waals surface area contributed by atoms with Crippen LogP contribution in [0.4, 0.5) is 0 Å². The zero-order valence-electron chi connectivity index (χ0n) is 11.3. The van der Waals surface area contributed by atoms with Crippen molar-refractivity contribution in [2.24, 2.45) is 5.92 Å². The van der Waals surface area contributed by atoms with Gasteiger partial charge in [-0.1, -0.05) is 13.5 Å². The van der Waals surface area contributed by atoms with Gasteiger partial charge in [0, 0.05) is 6.42 Å². The predicted octanol–water partition coefficient (Wildman–Crippen LogP) is 2.82. The average Bonchev–Trinajstić information content (AvgIpc) is 2.13. The van der Waals surface area contributed by atoms with Crippen LogP contribution in [0.5, 0.6) is 0 Å². The lowest BCUT2D eigenvalue weighted by atomic mass is 9.98. The largest absolute Gasteiger partial charge is 0.342 e. The Kier molecular flexibility index (Phi) is 6.10. The van der Waals surface area contributed by atoms with E-state index in [1.54, 1.807) is 27.7 Å². The fourth-order valence-corrected chi connectivity index (χ4v) is 1.05. The van der Waals surface area contributed by atoms with Gasteiger partial charge in [0.2, 0.25) is 0 Å². The molecule has 4 heteroatoms. The van der Waals surface area contributed by atoms with E-state index in [9.17, 15) is 9.59 Å². The van der Waals surface area contributed by atoms with Crippen LogP contribution in [-0.2, 0) is 19.4 Å². The maximum absolute atomic E-state index is 11.4. The first-order chi connectivity index (χ1) is 7.61. The third-order valence-corrected chi connectivity index (χ3v) is 1.91. The molecule has 0 radical (unpaired) electrons. The molecule has 0 aromatic rings. The number of hydrogen-bond donors (Lipinski definition) is 0. The molecule has 0 aliphatic heterocycles. The zero-order chi connectivity index (χ0) is 13.6. The van der Waals surface area contributed by atoms with Crippen LogP contribution in [0, 0.1) is 5.92 Å². The van der Waals surface area contributed by atoms with Crippen molar-refractivity contribution in [1.82, 2.24) is 0 Å². The molecule has 98 valence electrons. The second kappa shape index (κ2) is 6.55. The van der Waals surface area contributed by atoms with Crippen molar-refractivity contribution in [2.45, 2.75) is 53.1 Å². The molecule has 1 atom stereocenters. The van der Waals surface area contributed by atoms with Crippen molar-refractivity contribution >= 4 is 11.8 Å². The normalized spacial score (nSPS) is 13.0. The Balaban J connectivity index is 3.96. The minimum absolute atomic E-state index is 0.0259. The molecule has 0 bridgehead atoms. The quantitative estimate of drug-likeness (QED) is 0.408. The van der Waals surface area contributed by atoms with E-state index < -0.39 is 11.6 Å². The Morgan fingerprint density at radius 3 is 2.18 bits per heavy atom. The Morgan fingerprint density at radius 1 is 1.24 bits per heavy atom. The standard InChI is InChI=1S/C13H22O4/c1-9(2)11(14)7-10(3)8-12(15)16-17-13(4,5)6/h10H,1,7-8H2,2-6H3. The predicted molar refractivity (Wildman–Crippen MR) is 65.1 cm³/mol. The van der Waals surface area contributed by atoms with Crippen molar-refractivity contribution in [3.05, 3.63) is 12.2 Å². The Bertz CT molecular complexity index is 299. The van der Waals surface area contributed by atoms with Gasteiger partial charge in [0.15, 0.2) is 5.78 Å². The molecule has 1 unspecified atom stereocenters. The summed E-state index contributed by atoms with van der Waals surface area (Å²) in [5.74, 6) is -0.556. The molecule has 4 nitrogen and oxygen atoms in total. The molecule has 0 rings (SSSR count). The van der Waals surface area contributed by atoms with E-state index in [4.69, 9.17) is 4.89 Å². The van der Waals surface area contributed by atoms with Gasteiger partial charge in [-0.25, -0.2) is 4.79 Å². The molecule has 0 aromatic carbocycles. The van der Waals surface area contributed by atoms with Gasteiger partial charge in [0.25, 0.3) is 0 Å². The van der Waals surface area contributed by atoms with Gasteiger partial charge in [0.05, 0.1) is 6.42 Å². The SMILES string of the molecule is C=C(C)C(=O)CC(C)CC(=O)OOC(C)(C)C. The molecule has 0 fully saturated rings. The molecule has 0 spiro atoms. The van der Waals surface area contributed by atoms with Gasteiger partial charge < -0.3 is 0 Å². The first-order valence-corrected chi connectivity index (χ1v) is 5.69. The van der Waals surface area contributed by atoms with Crippen LogP contribution in [0.15, 0.2) is 12.2 Å².